The van der Waals surface area contributed by atoms with E-state index in [0.29, 0.717) is 24.3 Å². The first-order chi connectivity index (χ1) is 13.5. The molecule has 2 heterocycles. The Morgan fingerprint density at radius 1 is 1.18 bits per heavy atom. The lowest BCUT2D eigenvalue weighted by Gasteiger charge is -2.15. The minimum atomic E-state index is -1.20. The van der Waals surface area contributed by atoms with Gasteiger partial charge in [0.05, 0.1) is 0 Å². The maximum absolute atomic E-state index is 12.3. The number of benzene rings is 1. The molecule has 0 aliphatic heterocycles. The number of rotatable bonds is 6. The van der Waals surface area contributed by atoms with Crippen LogP contribution < -0.4 is 0 Å². The van der Waals surface area contributed by atoms with E-state index < -0.39 is 5.97 Å². The summed E-state index contributed by atoms with van der Waals surface area (Å²) in [6.07, 6.45) is 4.87. The summed E-state index contributed by atoms with van der Waals surface area (Å²) in [6, 6.07) is 11.5. The third-order valence-corrected chi connectivity index (χ3v) is 4.84. The molecule has 0 bridgehead atoms. The number of carboxylic acid groups (broad SMARTS) is 1. The van der Waals surface area contributed by atoms with Crippen LogP contribution in [0.2, 0.25) is 5.15 Å². The van der Waals surface area contributed by atoms with E-state index in [0.717, 1.165) is 11.1 Å². The van der Waals surface area contributed by atoms with Gasteiger partial charge in [-0.1, -0.05) is 41.9 Å². The van der Waals surface area contributed by atoms with Crippen molar-refractivity contribution in [3.05, 3.63) is 65.1 Å². The highest BCUT2D eigenvalue weighted by atomic mass is 35.5. The standard InChI is InChI=1S/C21H20ClN3O3/c1-3-24(4-2)17(26)11-10-15-12-16(14-8-6-5-7-9-14)13-25-19(22)18(21(27)28)23-20(15)25/h5-13H,3-4H2,1-2H3,(H,27,28). The normalized spacial score (nSPS) is 11.2. The average molecular weight is 398 g/mol. The van der Waals surface area contributed by atoms with Crippen molar-refractivity contribution in [1.29, 1.82) is 0 Å². The van der Waals surface area contributed by atoms with E-state index >= 15 is 0 Å². The summed E-state index contributed by atoms with van der Waals surface area (Å²) in [5.41, 5.74) is 2.54. The van der Waals surface area contributed by atoms with E-state index in [9.17, 15) is 14.7 Å². The fourth-order valence-electron chi connectivity index (χ4n) is 2.99. The van der Waals surface area contributed by atoms with Gasteiger partial charge in [0.15, 0.2) is 5.69 Å². The van der Waals surface area contributed by atoms with Gasteiger partial charge in [-0.25, -0.2) is 9.78 Å². The SMILES string of the molecule is CCN(CC)C(=O)C=Cc1cc(-c2ccccc2)cn2c(Cl)c(C(=O)O)nc12. The number of imidazole rings is 1. The molecule has 0 aliphatic rings. The number of aromatic carboxylic acids is 1. The topological polar surface area (TPSA) is 74.9 Å². The van der Waals surface area contributed by atoms with Crippen molar-refractivity contribution < 1.29 is 14.7 Å². The van der Waals surface area contributed by atoms with Gasteiger partial charge < -0.3 is 10.0 Å². The van der Waals surface area contributed by atoms with E-state index in [1.807, 2.05) is 50.2 Å². The molecule has 6 nitrogen and oxygen atoms in total. The van der Waals surface area contributed by atoms with Crippen LogP contribution in [0.1, 0.15) is 29.9 Å². The number of hydrogen-bond acceptors (Lipinski definition) is 3. The lowest BCUT2D eigenvalue weighted by molar-refractivity contribution is -0.125. The number of amides is 1. The third-order valence-electron chi connectivity index (χ3n) is 4.48. The molecule has 0 unspecified atom stereocenters. The number of carbonyl (C=O) groups excluding carboxylic acids is 1. The van der Waals surface area contributed by atoms with E-state index in [2.05, 4.69) is 4.98 Å². The summed E-state index contributed by atoms with van der Waals surface area (Å²) in [5, 5.41) is 9.38. The zero-order chi connectivity index (χ0) is 20.3. The maximum Gasteiger partial charge on any atom is 0.357 e. The molecule has 0 atom stereocenters. The number of fused-ring (bicyclic) bond motifs is 1. The van der Waals surface area contributed by atoms with Crippen LogP contribution in [0.5, 0.6) is 0 Å². The van der Waals surface area contributed by atoms with Gasteiger partial charge >= 0.3 is 5.97 Å². The minimum Gasteiger partial charge on any atom is -0.476 e. The number of pyridine rings is 1. The van der Waals surface area contributed by atoms with Crippen LogP contribution in [0.15, 0.2) is 48.7 Å². The van der Waals surface area contributed by atoms with Crippen LogP contribution in [0.3, 0.4) is 0 Å². The molecule has 0 radical (unpaired) electrons. The Hall–Kier alpha value is -3.12. The Kier molecular flexibility index (Phi) is 5.80. The molecule has 2 aromatic heterocycles. The molecular weight excluding hydrogens is 378 g/mol. The van der Waals surface area contributed by atoms with Gasteiger partial charge in [0.25, 0.3) is 0 Å². The highest BCUT2D eigenvalue weighted by Crippen LogP contribution is 2.28. The van der Waals surface area contributed by atoms with Gasteiger partial charge in [0.1, 0.15) is 10.8 Å². The minimum absolute atomic E-state index is 0.0185. The molecule has 28 heavy (non-hydrogen) atoms. The fourth-order valence-corrected chi connectivity index (χ4v) is 3.24. The number of nitrogens with zero attached hydrogens (tertiary/aromatic N) is 3. The highest BCUT2D eigenvalue weighted by molar-refractivity contribution is 6.32. The van der Waals surface area contributed by atoms with Crippen LogP contribution in [-0.2, 0) is 4.79 Å². The Morgan fingerprint density at radius 3 is 2.46 bits per heavy atom. The maximum atomic E-state index is 12.3. The molecule has 3 rings (SSSR count). The first kappa shape index (κ1) is 19.6. The molecule has 1 N–H and O–H groups in total. The number of hydrogen-bond donors (Lipinski definition) is 1. The molecule has 0 spiro atoms. The van der Waals surface area contributed by atoms with Crippen molar-refractivity contribution in [3.63, 3.8) is 0 Å². The summed E-state index contributed by atoms with van der Waals surface area (Å²) < 4.78 is 1.54. The largest absolute Gasteiger partial charge is 0.476 e. The summed E-state index contributed by atoms with van der Waals surface area (Å²) in [5.74, 6) is -1.33. The second-order valence-electron chi connectivity index (χ2n) is 6.14. The van der Waals surface area contributed by atoms with Crippen LogP contribution in [-0.4, -0.2) is 44.4 Å². The van der Waals surface area contributed by atoms with Crippen molar-refractivity contribution in [2.24, 2.45) is 0 Å². The molecule has 1 amide bonds. The van der Waals surface area contributed by atoms with Crippen LogP contribution in [0.4, 0.5) is 0 Å². The Balaban J connectivity index is 2.17. The Bertz CT molecular complexity index is 1050. The molecule has 144 valence electrons. The van der Waals surface area contributed by atoms with Crippen molar-refractivity contribution in [2.75, 3.05) is 13.1 Å². The van der Waals surface area contributed by atoms with E-state index in [4.69, 9.17) is 11.6 Å². The molecule has 1 aromatic carbocycles. The van der Waals surface area contributed by atoms with E-state index in [-0.39, 0.29) is 16.8 Å². The van der Waals surface area contributed by atoms with Crippen molar-refractivity contribution in [2.45, 2.75) is 13.8 Å². The van der Waals surface area contributed by atoms with Gasteiger partial charge in [-0.05, 0) is 37.1 Å². The van der Waals surface area contributed by atoms with Crippen LogP contribution in [0.25, 0.3) is 22.9 Å². The van der Waals surface area contributed by atoms with E-state index in [1.54, 1.807) is 17.2 Å². The molecule has 0 aliphatic carbocycles. The van der Waals surface area contributed by atoms with Gasteiger partial charge in [-0.2, -0.15) is 0 Å². The molecule has 0 saturated heterocycles. The predicted molar refractivity (Wildman–Crippen MR) is 110 cm³/mol. The number of likely N-dealkylation sites (N-methyl/N-ethyl adjacent to an activating group) is 1. The highest BCUT2D eigenvalue weighted by Gasteiger charge is 2.19. The third kappa shape index (κ3) is 3.77. The smallest absolute Gasteiger partial charge is 0.357 e. The Labute approximate surface area is 167 Å². The summed E-state index contributed by atoms with van der Waals surface area (Å²) in [4.78, 5) is 29.6. The second-order valence-corrected chi connectivity index (χ2v) is 6.50. The van der Waals surface area contributed by atoms with Gasteiger partial charge in [-0.15, -0.1) is 0 Å². The van der Waals surface area contributed by atoms with E-state index in [1.165, 1.54) is 10.5 Å². The van der Waals surface area contributed by atoms with Crippen LogP contribution >= 0.6 is 11.6 Å². The predicted octanol–water partition coefficient (Wildman–Crippen LogP) is 4.23. The lowest BCUT2D eigenvalue weighted by atomic mass is 10.1. The quantitative estimate of drug-likeness (QED) is 0.631. The van der Waals surface area contributed by atoms with Crippen molar-refractivity contribution in [1.82, 2.24) is 14.3 Å². The monoisotopic (exact) mass is 397 g/mol. The molecule has 0 saturated carbocycles. The van der Waals surface area contributed by atoms with Crippen molar-refractivity contribution in [3.8, 4) is 11.1 Å². The van der Waals surface area contributed by atoms with Crippen LogP contribution in [0, 0.1) is 0 Å². The summed E-state index contributed by atoms with van der Waals surface area (Å²) in [6.45, 7) is 5.04. The summed E-state index contributed by atoms with van der Waals surface area (Å²) in [7, 11) is 0. The first-order valence-corrected chi connectivity index (χ1v) is 9.31. The molecule has 0 fully saturated rings. The zero-order valence-corrected chi connectivity index (χ0v) is 16.3. The number of carbonyl (C=O) groups is 2. The fraction of sp³-hybridized carbons (Fsp3) is 0.190. The first-order valence-electron chi connectivity index (χ1n) is 8.93. The second kappa shape index (κ2) is 8.27. The average Bonchev–Trinajstić information content (AvgIpc) is 3.05. The number of aromatic nitrogens is 2. The molecule has 7 heteroatoms. The zero-order valence-electron chi connectivity index (χ0n) is 15.6. The van der Waals surface area contributed by atoms with Gasteiger partial charge in [-0.3, -0.25) is 9.20 Å². The summed E-state index contributed by atoms with van der Waals surface area (Å²) >= 11 is 6.26. The van der Waals surface area contributed by atoms with Gasteiger partial charge in [0, 0.05) is 30.9 Å². The van der Waals surface area contributed by atoms with Gasteiger partial charge in [0.2, 0.25) is 5.91 Å². The number of halogens is 1. The molecule has 3 aromatic rings. The molecular formula is C21H20ClN3O3. The number of carboxylic acids is 1. The lowest BCUT2D eigenvalue weighted by Crippen LogP contribution is -2.28. The van der Waals surface area contributed by atoms with Crippen molar-refractivity contribution >= 4 is 35.2 Å². The Morgan fingerprint density at radius 2 is 1.86 bits per heavy atom.